The van der Waals surface area contributed by atoms with Gasteiger partial charge < -0.3 is 15.2 Å². The number of benzene rings is 1. The van der Waals surface area contributed by atoms with E-state index in [0.717, 1.165) is 54.0 Å². The number of nitrogens with zero attached hydrogens (tertiary/aromatic N) is 6. The summed E-state index contributed by atoms with van der Waals surface area (Å²) < 4.78 is 38.7. The first-order valence-corrected chi connectivity index (χ1v) is 11.0. The van der Waals surface area contributed by atoms with Crippen molar-refractivity contribution in [3.63, 3.8) is 0 Å². The summed E-state index contributed by atoms with van der Waals surface area (Å²) >= 11 is 0. The van der Waals surface area contributed by atoms with Crippen molar-refractivity contribution in [2.24, 2.45) is 0 Å². The van der Waals surface area contributed by atoms with Crippen LogP contribution in [0.5, 0.6) is 0 Å². The van der Waals surface area contributed by atoms with E-state index in [-0.39, 0.29) is 0 Å². The molecule has 1 aliphatic heterocycles. The topological polar surface area (TPSA) is 77.9 Å². The molecule has 0 saturated carbocycles. The minimum atomic E-state index is -4.31. The lowest BCUT2D eigenvalue weighted by Gasteiger charge is -2.32. The first kappa shape index (κ1) is 22.4. The van der Waals surface area contributed by atoms with E-state index < -0.39 is 12.7 Å². The van der Waals surface area contributed by atoms with Gasteiger partial charge in [0.05, 0.1) is 17.2 Å². The molecular formula is C23H25F3N8. The number of halogens is 3. The Morgan fingerprint density at radius 1 is 1.06 bits per heavy atom. The number of anilines is 2. The minimum absolute atomic E-state index is 0.546. The van der Waals surface area contributed by atoms with Gasteiger partial charge in [-0.1, -0.05) is 6.07 Å². The van der Waals surface area contributed by atoms with E-state index in [1.54, 1.807) is 6.20 Å². The molecule has 4 heterocycles. The van der Waals surface area contributed by atoms with Gasteiger partial charge in [0.15, 0.2) is 0 Å². The molecule has 3 aromatic heterocycles. The van der Waals surface area contributed by atoms with Gasteiger partial charge in [-0.3, -0.25) is 9.58 Å². The Morgan fingerprint density at radius 3 is 2.68 bits per heavy atom. The molecule has 0 atom stereocenters. The number of nitrogens with one attached hydrogen (secondary N) is 2. The van der Waals surface area contributed by atoms with E-state index in [9.17, 15) is 13.2 Å². The molecule has 5 rings (SSSR count). The van der Waals surface area contributed by atoms with Crippen molar-refractivity contribution in [1.82, 2.24) is 34.5 Å². The van der Waals surface area contributed by atoms with Crippen LogP contribution < -0.4 is 5.32 Å². The third-order valence-corrected chi connectivity index (χ3v) is 5.86. The van der Waals surface area contributed by atoms with Crippen LogP contribution in [-0.2, 0) is 13.1 Å². The summed E-state index contributed by atoms with van der Waals surface area (Å²) in [5, 5.41) is 7.04. The zero-order chi connectivity index (χ0) is 23.7. The van der Waals surface area contributed by atoms with Gasteiger partial charge in [0.25, 0.3) is 0 Å². The molecule has 2 N–H and O–H groups in total. The highest BCUT2D eigenvalue weighted by atomic mass is 19.4. The zero-order valence-corrected chi connectivity index (χ0v) is 18.7. The fourth-order valence-electron chi connectivity index (χ4n) is 4.06. The molecule has 0 amide bonds. The van der Waals surface area contributed by atoms with Crippen LogP contribution in [0.2, 0.25) is 0 Å². The molecule has 0 bridgehead atoms. The predicted molar refractivity (Wildman–Crippen MR) is 124 cm³/mol. The Bertz CT molecular complexity index is 1270. The highest BCUT2D eigenvalue weighted by molar-refractivity contribution is 5.83. The van der Waals surface area contributed by atoms with E-state index in [1.165, 1.54) is 18.0 Å². The number of rotatable bonds is 6. The molecule has 1 aliphatic rings. The van der Waals surface area contributed by atoms with Gasteiger partial charge in [0.2, 0.25) is 5.95 Å². The van der Waals surface area contributed by atoms with E-state index in [2.05, 4.69) is 42.2 Å². The van der Waals surface area contributed by atoms with Crippen molar-refractivity contribution >= 4 is 22.8 Å². The largest absolute Gasteiger partial charge is 0.408 e. The summed E-state index contributed by atoms with van der Waals surface area (Å²) in [5.41, 5.74) is 4.04. The molecule has 0 aliphatic carbocycles. The van der Waals surface area contributed by atoms with Crippen molar-refractivity contribution in [2.75, 3.05) is 38.5 Å². The Hall–Kier alpha value is -3.44. The molecule has 4 aromatic rings. The summed E-state index contributed by atoms with van der Waals surface area (Å²) in [4.78, 5) is 16.9. The second-order valence-electron chi connectivity index (χ2n) is 8.61. The Kier molecular flexibility index (Phi) is 5.96. The number of likely N-dealkylation sites (N-methyl/N-ethyl adjacent to an activating group) is 1. The molecular weight excluding hydrogens is 445 g/mol. The van der Waals surface area contributed by atoms with Gasteiger partial charge in [-0.05, 0) is 42.4 Å². The average Bonchev–Trinajstić information content (AvgIpc) is 3.40. The molecule has 1 fully saturated rings. The normalized spacial score (nSPS) is 15.8. The summed E-state index contributed by atoms with van der Waals surface area (Å²) in [6.07, 6.45) is 0.290. The minimum Gasteiger partial charge on any atom is -0.324 e. The van der Waals surface area contributed by atoms with E-state index >= 15 is 0 Å². The number of fused-ring (bicyclic) bond motifs is 1. The maximum Gasteiger partial charge on any atom is 0.408 e. The van der Waals surface area contributed by atoms with Crippen LogP contribution in [0.4, 0.5) is 24.9 Å². The quantitative estimate of drug-likeness (QED) is 0.446. The lowest BCUT2D eigenvalue weighted by Crippen LogP contribution is -2.43. The van der Waals surface area contributed by atoms with Gasteiger partial charge in [-0.15, -0.1) is 0 Å². The van der Waals surface area contributed by atoms with Crippen LogP contribution in [0.1, 0.15) is 5.56 Å². The number of H-pyrrole nitrogens is 1. The number of piperazine rings is 1. The first-order chi connectivity index (χ1) is 16.3. The number of pyridine rings is 1. The standard InChI is InChI=1S/C23H25F3N8/c1-32-6-8-33(9-7-32)13-16-4-5-27-21(10-16)31-22-29-19-3-2-17(11-20(19)30-22)18-12-28-34(14-18)15-23(24,25)26/h2-5,10-12,14H,6-9,13,15H2,1H3,(H2,27,29,30,31). The fraction of sp³-hybridized carbons (Fsp3) is 0.348. The van der Waals surface area contributed by atoms with Gasteiger partial charge in [0.1, 0.15) is 12.4 Å². The second-order valence-corrected chi connectivity index (χ2v) is 8.61. The summed E-state index contributed by atoms with van der Waals surface area (Å²) in [6, 6.07) is 9.53. The fourth-order valence-corrected chi connectivity index (χ4v) is 4.06. The van der Waals surface area contributed by atoms with E-state index in [0.29, 0.717) is 17.3 Å². The van der Waals surface area contributed by atoms with Crippen molar-refractivity contribution in [2.45, 2.75) is 19.3 Å². The molecule has 0 unspecified atom stereocenters. The molecule has 8 nitrogen and oxygen atoms in total. The van der Waals surface area contributed by atoms with E-state index in [1.807, 2.05) is 30.3 Å². The summed E-state index contributed by atoms with van der Waals surface area (Å²) in [6.45, 7) is 3.98. The van der Waals surface area contributed by atoms with E-state index in [4.69, 9.17) is 0 Å². The van der Waals surface area contributed by atoms with Gasteiger partial charge in [0, 0.05) is 50.7 Å². The number of alkyl halides is 3. The third kappa shape index (κ3) is 5.37. The van der Waals surface area contributed by atoms with Gasteiger partial charge in [-0.2, -0.15) is 18.3 Å². The predicted octanol–water partition coefficient (Wildman–Crippen LogP) is 3.87. The van der Waals surface area contributed by atoms with Crippen molar-refractivity contribution < 1.29 is 13.2 Å². The molecule has 1 saturated heterocycles. The van der Waals surface area contributed by atoms with Crippen LogP contribution in [0, 0.1) is 0 Å². The number of hydrogen-bond acceptors (Lipinski definition) is 6. The SMILES string of the molecule is CN1CCN(Cc2ccnc(Nc3nc4ccc(-c5cnn(CC(F)(F)F)c5)cc4[nH]3)c2)CC1. The molecule has 1 aromatic carbocycles. The number of hydrogen-bond donors (Lipinski definition) is 2. The van der Waals surface area contributed by atoms with Crippen LogP contribution in [0.15, 0.2) is 48.9 Å². The molecule has 34 heavy (non-hydrogen) atoms. The van der Waals surface area contributed by atoms with Crippen LogP contribution in [0.3, 0.4) is 0 Å². The number of aromatic amines is 1. The van der Waals surface area contributed by atoms with Crippen LogP contribution in [-0.4, -0.2) is 73.9 Å². The lowest BCUT2D eigenvalue weighted by atomic mass is 10.1. The van der Waals surface area contributed by atoms with Gasteiger partial charge in [-0.25, -0.2) is 9.97 Å². The van der Waals surface area contributed by atoms with Crippen LogP contribution in [0.25, 0.3) is 22.2 Å². The maximum absolute atomic E-state index is 12.6. The summed E-state index contributed by atoms with van der Waals surface area (Å²) in [5.74, 6) is 1.24. The molecule has 178 valence electrons. The number of imidazole rings is 1. The van der Waals surface area contributed by atoms with Gasteiger partial charge >= 0.3 is 6.18 Å². The molecule has 0 spiro atoms. The second kappa shape index (κ2) is 9.07. The summed E-state index contributed by atoms with van der Waals surface area (Å²) in [7, 11) is 2.14. The third-order valence-electron chi connectivity index (χ3n) is 5.86. The van der Waals surface area contributed by atoms with Crippen molar-refractivity contribution in [3.05, 3.63) is 54.5 Å². The van der Waals surface area contributed by atoms with Crippen molar-refractivity contribution in [3.8, 4) is 11.1 Å². The maximum atomic E-state index is 12.6. The molecule has 0 radical (unpaired) electrons. The monoisotopic (exact) mass is 470 g/mol. The number of aromatic nitrogens is 5. The first-order valence-electron chi connectivity index (χ1n) is 11.0. The highest BCUT2D eigenvalue weighted by Crippen LogP contribution is 2.26. The smallest absolute Gasteiger partial charge is 0.324 e. The average molecular weight is 471 g/mol. The lowest BCUT2D eigenvalue weighted by molar-refractivity contribution is -0.142. The Labute approximate surface area is 194 Å². The molecule has 11 heteroatoms. The Morgan fingerprint density at radius 2 is 1.88 bits per heavy atom. The zero-order valence-electron chi connectivity index (χ0n) is 18.7. The highest BCUT2D eigenvalue weighted by Gasteiger charge is 2.28. The van der Waals surface area contributed by atoms with Crippen LogP contribution >= 0.6 is 0 Å². The van der Waals surface area contributed by atoms with Crippen molar-refractivity contribution in [1.29, 1.82) is 0 Å². The Balaban J connectivity index is 1.29.